The molecule has 1 heterocycles. The Morgan fingerprint density at radius 3 is 2.68 bits per heavy atom. The van der Waals surface area contributed by atoms with Crippen LogP contribution in [0.15, 0.2) is 29.3 Å². The number of benzene rings is 1. The Morgan fingerprint density at radius 2 is 2.05 bits per heavy atom. The van der Waals surface area contributed by atoms with Crippen LogP contribution in [0, 0.1) is 5.92 Å². The first-order valence-electron chi connectivity index (χ1n) is 6.89. The van der Waals surface area contributed by atoms with E-state index in [1.807, 2.05) is 12.1 Å². The Hall–Kier alpha value is -1.22. The molecule has 3 nitrogen and oxygen atoms in total. The second-order valence-corrected chi connectivity index (χ2v) is 6.47. The van der Waals surface area contributed by atoms with Gasteiger partial charge in [-0.2, -0.15) is 0 Å². The number of rotatable bonds is 4. The summed E-state index contributed by atoms with van der Waals surface area (Å²) in [6.45, 7) is 4.10. The van der Waals surface area contributed by atoms with Gasteiger partial charge in [0.2, 0.25) is 0 Å². The average molecular weight is 278 g/mol. The fourth-order valence-corrected chi connectivity index (χ4v) is 2.89. The zero-order chi connectivity index (χ0) is 13.5. The monoisotopic (exact) mass is 277 g/mol. The van der Waals surface area contributed by atoms with Crippen molar-refractivity contribution in [1.82, 2.24) is 4.90 Å². The summed E-state index contributed by atoms with van der Waals surface area (Å²) >= 11 is 5.94. The average Bonchev–Trinajstić information content (AvgIpc) is 3.15. The first-order valence-corrected chi connectivity index (χ1v) is 7.27. The highest BCUT2D eigenvalue weighted by Crippen LogP contribution is 2.34. The molecule has 102 valence electrons. The van der Waals surface area contributed by atoms with Crippen LogP contribution in [0.25, 0.3) is 0 Å². The van der Waals surface area contributed by atoms with E-state index in [0.717, 1.165) is 30.5 Å². The summed E-state index contributed by atoms with van der Waals surface area (Å²) in [5.74, 6) is 1.53. The van der Waals surface area contributed by atoms with Crippen LogP contribution in [0.4, 0.5) is 0 Å². The van der Waals surface area contributed by atoms with Crippen molar-refractivity contribution in [1.29, 1.82) is 0 Å². The van der Waals surface area contributed by atoms with Gasteiger partial charge >= 0.3 is 0 Å². The molecule has 0 aromatic heterocycles. The predicted molar refractivity (Wildman–Crippen MR) is 79.5 cm³/mol. The van der Waals surface area contributed by atoms with Crippen molar-refractivity contribution in [3.05, 3.63) is 34.9 Å². The summed E-state index contributed by atoms with van der Waals surface area (Å²) < 4.78 is 0. The summed E-state index contributed by atoms with van der Waals surface area (Å²) in [6.07, 6.45) is 3.63. The highest BCUT2D eigenvalue weighted by Gasteiger charge is 2.40. The zero-order valence-corrected chi connectivity index (χ0v) is 12.0. The van der Waals surface area contributed by atoms with Crippen LogP contribution < -0.4 is 5.73 Å². The molecule has 1 aliphatic heterocycles. The minimum Gasteiger partial charge on any atom is -0.370 e. The molecule has 0 radical (unpaired) electrons. The lowest BCUT2D eigenvalue weighted by molar-refractivity contribution is 0.213. The molecule has 4 heteroatoms. The maximum Gasteiger partial charge on any atom is 0.191 e. The van der Waals surface area contributed by atoms with Crippen LogP contribution in [0.3, 0.4) is 0 Å². The summed E-state index contributed by atoms with van der Waals surface area (Å²) in [5, 5.41) is 0.783. The standard InChI is InChI=1S/C15H20ClN3/c1-15(8-11-4-6-13(16)7-5-11)10-18-14(17)19(15)9-12-2-3-12/h4-7,12H,2-3,8-10H2,1H3,(H2,17,18). The van der Waals surface area contributed by atoms with E-state index in [1.54, 1.807) is 0 Å². The number of guanidine groups is 1. The van der Waals surface area contributed by atoms with E-state index in [2.05, 4.69) is 28.9 Å². The van der Waals surface area contributed by atoms with Crippen molar-refractivity contribution in [3.63, 3.8) is 0 Å². The quantitative estimate of drug-likeness (QED) is 0.919. The van der Waals surface area contributed by atoms with Gasteiger partial charge in [-0.1, -0.05) is 23.7 Å². The Balaban J connectivity index is 1.75. The molecule has 2 aliphatic rings. The van der Waals surface area contributed by atoms with Gasteiger partial charge in [0.25, 0.3) is 0 Å². The van der Waals surface area contributed by atoms with Crippen molar-refractivity contribution in [2.24, 2.45) is 16.6 Å². The van der Waals surface area contributed by atoms with Crippen LogP contribution >= 0.6 is 11.6 Å². The number of nitrogens with two attached hydrogens (primary N) is 1. The smallest absolute Gasteiger partial charge is 0.191 e. The van der Waals surface area contributed by atoms with E-state index in [1.165, 1.54) is 18.4 Å². The molecule has 1 saturated carbocycles. The topological polar surface area (TPSA) is 41.6 Å². The Morgan fingerprint density at radius 1 is 1.37 bits per heavy atom. The van der Waals surface area contributed by atoms with Crippen LogP contribution in [-0.2, 0) is 6.42 Å². The van der Waals surface area contributed by atoms with Crippen molar-refractivity contribution >= 4 is 17.6 Å². The largest absolute Gasteiger partial charge is 0.370 e. The highest BCUT2D eigenvalue weighted by atomic mass is 35.5. The van der Waals surface area contributed by atoms with E-state index >= 15 is 0 Å². The molecule has 1 atom stereocenters. The maximum atomic E-state index is 6.06. The molecule has 0 bridgehead atoms. The molecule has 19 heavy (non-hydrogen) atoms. The molecule has 0 saturated heterocycles. The lowest BCUT2D eigenvalue weighted by Crippen LogP contribution is -2.51. The summed E-state index contributed by atoms with van der Waals surface area (Å²) in [7, 11) is 0. The van der Waals surface area contributed by atoms with Crippen molar-refractivity contribution in [2.75, 3.05) is 13.1 Å². The minimum absolute atomic E-state index is 0.0144. The predicted octanol–water partition coefficient (Wildman–Crippen LogP) is 2.68. The molecule has 1 aliphatic carbocycles. The van der Waals surface area contributed by atoms with Gasteiger partial charge in [0.15, 0.2) is 5.96 Å². The normalized spacial score (nSPS) is 26.6. The van der Waals surface area contributed by atoms with Gasteiger partial charge in [0, 0.05) is 11.6 Å². The molecule has 1 fully saturated rings. The van der Waals surface area contributed by atoms with Crippen LogP contribution in [0.2, 0.25) is 5.02 Å². The van der Waals surface area contributed by atoms with Gasteiger partial charge in [0.05, 0.1) is 12.1 Å². The third kappa shape index (κ3) is 2.71. The third-order valence-corrected chi connectivity index (χ3v) is 4.40. The van der Waals surface area contributed by atoms with Gasteiger partial charge in [-0.15, -0.1) is 0 Å². The van der Waals surface area contributed by atoms with Gasteiger partial charge in [-0.05, 0) is 49.8 Å². The van der Waals surface area contributed by atoms with E-state index in [-0.39, 0.29) is 5.54 Å². The number of hydrogen-bond acceptors (Lipinski definition) is 3. The Labute approximate surface area is 119 Å². The fraction of sp³-hybridized carbons (Fsp3) is 0.533. The van der Waals surface area contributed by atoms with Crippen molar-refractivity contribution in [2.45, 2.75) is 31.7 Å². The Kier molecular flexibility index (Phi) is 3.17. The maximum absolute atomic E-state index is 6.06. The number of hydrogen-bond donors (Lipinski definition) is 1. The van der Waals surface area contributed by atoms with E-state index in [4.69, 9.17) is 17.3 Å². The number of aliphatic imine (C=N–C) groups is 1. The van der Waals surface area contributed by atoms with Crippen molar-refractivity contribution < 1.29 is 0 Å². The molecular formula is C15H20ClN3. The molecular weight excluding hydrogens is 258 g/mol. The second kappa shape index (κ2) is 4.71. The summed E-state index contributed by atoms with van der Waals surface area (Å²) in [4.78, 5) is 6.76. The SMILES string of the molecule is CC1(Cc2ccc(Cl)cc2)CN=C(N)N1CC1CC1. The first kappa shape index (κ1) is 12.8. The van der Waals surface area contributed by atoms with Crippen LogP contribution in [0.5, 0.6) is 0 Å². The lowest BCUT2D eigenvalue weighted by Gasteiger charge is -2.36. The lowest BCUT2D eigenvalue weighted by atomic mass is 9.91. The van der Waals surface area contributed by atoms with E-state index < -0.39 is 0 Å². The van der Waals surface area contributed by atoms with Gasteiger partial charge in [-0.3, -0.25) is 4.99 Å². The zero-order valence-electron chi connectivity index (χ0n) is 11.3. The van der Waals surface area contributed by atoms with E-state index in [9.17, 15) is 0 Å². The van der Waals surface area contributed by atoms with Crippen LogP contribution in [0.1, 0.15) is 25.3 Å². The molecule has 1 aromatic rings. The molecule has 1 unspecified atom stereocenters. The molecule has 0 amide bonds. The van der Waals surface area contributed by atoms with Crippen molar-refractivity contribution in [3.8, 4) is 0 Å². The summed E-state index contributed by atoms with van der Waals surface area (Å²) in [5.41, 5.74) is 7.37. The third-order valence-electron chi connectivity index (χ3n) is 4.15. The fourth-order valence-electron chi connectivity index (χ4n) is 2.76. The first-order chi connectivity index (χ1) is 9.07. The number of halogens is 1. The summed E-state index contributed by atoms with van der Waals surface area (Å²) in [6, 6.07) is 8.09. The van der Waals surface area contributed by atoms with Gasteiger partial charge in [0.1, 0.15) is 0 Å². The molecule has 1 aromatic carbocycles. The Bertz CT molecular complexity index is 493. The molecule has 0 spiro atoms. The van der Waals surface area contributed by atoms with E-state index in [0.29, 0.717) is 5.96 Å². The molecule has 3 rings (SSSR count). The van der Waals surface area contributed by atoms with Gasteiger partial charge in [-0.25, -0.2) is 0 Å². The highest BCUT2D eigenvalue weighted by molar-refractivity contribution is 6.30. The van der Waals surface area contributed by atoms with Crippen LogP contribution in [-0.4, -0.2) is 29.5 Å². The van der Waals surface area contributed by atoms with Gasteiger partial charge < -0.3 is 10.6 Å². The minimum atomic E-state index is 0.0144. The number of nitrogens with zero attached hydrogens (tertiary/aromatic N) is 2. The second-order valence-electron chi connectivity index (χ2n) is 6.03. The molecule has 2 N–H and O–H groups in total.